The summed E-state index contributed by atoms with van der Waals surface area (Å²) in [5.74, 6) is 0.0971. The summed E-state index contributed by atoms with van der Waals surface area (Å²) in [6.45, 7) is 7.29. The average molecular weight is 246 g/mol. The van der Waals surface area contributed by atoms with Crippen molar-refractivity contribution in [2.24, 2.45) is 0 Å². The molecule has 0 N–H and O–H groups in total. The Morgan fingerprint density at radius 3 is 2.06 bits per heavy atom. The van der Waals surface area contributed by atoms with Gasteiger partial charge in [-0.15, -0.1) is 0 Å². The minimum atomic E-state index is 0.0408. The molecule has 0 aromatic heterocycles. The van der Waals surface area contributed by atoms with Crippen LogP contribution < -0.4 is 0 Å². The molecule has 0 heterocycles. The van der Waals surface area contributed by atoms with E-state index in [1.54, 1.807) is 6.92 Å². The topological polar surface area (TPSA) is 34.1 Å². The second-order valence-electron chi connectivity index (χ2n) is 3.86. The van der Waals surface area contributed by atoms with E-state index in [0.29, 0.717) is 18.4 Å². The maximum absolute atomic E-state index is 11.6. The fraction of sp³-hybridized carbons (Fsp3) is 0.375. The zero-order valence-corrected chi connectivity index (χ0v) is 11.7. The summed E-state index contributed by atoms with van der Waals surface area (Å²) < 4.78 is 0. The van der Waals surface area contributed by atoms with E-state index in [1.165, 1.54) is 6.92 Å². The van der Waals surface area contributed by atoms with Crippen LogP contribution in [0.1, 0.15) is 46.1 Å². The summed E-state index contributed by atoms with van der Waals surface area (Å²) in [7, 11) is 0. The van der Waals surface area contributed by atoms with Crippen LogP contribution in [0.3, 0.4) is 0 Å². The number of carbonyl (C=O) groups is 2. The van der Waals surface area contributed by atoms with Gasteiger partial charge in [-0.3, -0.25) is 4.79 Å². The van der Waals surface area contributed by atoms with Crippen molar-refractivity contribution in [2.45, 2.75) is 40.5 Å². The largest absolute Gasteiger partial charge is 0.300 e. The van der Waals surface area contributed by atoms with Crippen molar-refractivity contribution in [1.82, 2.24) is 0 Å². The molecule has 1 aromatic carbocycles. The van der Waals surface area contributed by atoms with Gasteiger partial charge in [-0.05, 0) is 31.1 Å². The first-order chi connectivity index (χ1) is 8.59. The van der Waals surface area contributed by atoms with Gasteiger partial charge in [-0.1, -0.05) is 44.2 Å². The van der Waals surface area contributed by atoms with E-state index in [1.807, 2.05) is 50.3 Å². The SMILES string of the molecule is CC.CC(=O)CCC(=O)/C(C)=C/c1ccccc1. The van der Waals surface area contributed by atoms with Gasteiger partial charge < -0.3 is 4.79 Å². The third kappa shape index (κ3) is 6.79. The van der Waals surface area contributed by atoms with Gasteiger partial charge in [-0.2, -0.15) is 0 Å². The molecule has 0 saturated carbocycles. The molecule has 0 amide bonds. The Bertz CT molecular complexity index is 402. The smallest absolute Gasteiger partial charge is 0.159 e. The van der Waals surface area contributed by atoms with Crippen LogP contribution in [0.25, 0.3) is 6.08 Å². The predicted octanol–water partition coefficient (Wildman–Crippen LogP) is 4.05. The monoisotopic (exact) mass is 246 g/mol. The number of hydrogen-bond acceptors (Lipinski definition) is 2. The molecule has 1 aromatic rings. The number of rotatable bonds is 5. The van der Waals surface area contributed by atoms with E-state index >= 15 is 0 Å². The lowest BCUT2D eigenvalue weighted by atomic mass is 10.0. The number of ketones is 2. The number of allylic oxidation sites excluding steroid dienone is 1. The Morgan fingerprint density at radius 1 is 1.00 bits per heavy atom. The molecule has 0 atom stereocenters. The minimum absolute atomic E-state index is 0.0408. The van der Waals surface area contributed by atoms with Gasteiger partial charge in [0.2, 0.25) is 0 Å². The first-order valence-corrected chi connectivity index (χ1v) is 6.35. The second kappa shape index (κ2) is 9.34. The van der Waals surface area contributed by atoms with Crippen molar-refractivity contribution < 1.29 is 9.59 Å². The number of Topliss-reactive ketones (excluding diaryl/α,β-unsaturated/α-hetero) is 2. The lowest BCUT2D eigenvalue weighted by Gasteiger charge is -1.99. The molecule has 98 valence electrons. The third-order valence-corrected chi connectivity index (χ3v) is 2.33. The summed E-state index contributed by atoms with van der Waals surface area (Å²) in [5, 5.41) is 0. The molecule has 0 aliphatic carbocycles. The predicted molar refractivity (Wildman–Crippen MR) is 76.4 cm³/mol. The summed E-state index contributed by atoms with van der Waals surface area (Å²) >= 11 is 0. The summed E-state index contributed by atoms with van der Waals surface area (Å²) in [6.07, 6.45) is 2.49. The molecule has 1 rings (SSSR count). The van der Waals surface area contributed by atoms with Gasteiger partial charge in [0, 0.05) is 12.8 Å². The molecule has 0 saturated heterocycles. The van der Waals surface area contributed by atoms with E-state index in [9.17, 15) is 9.59 Å². The first kappa shape index (κ1) is 16.3. The maximum atomic E-state index is 11.6. The molecule has 18 heavy (non-hydrogen) atoms. The molecule has 0 radical (unpaired) electrons. The number of benzene rings is 1. The molecular formula is C16H22O2. The molecular weight excluding hydrogens is 224 g/mol. The Morgan fingerprint density at radius 2 is 1.56 bits per heavy atom. The normalized spacial score (nSPS) is 10.3. The molecule has 2 heteroatoms. The van der Waals surface area contributed by atoms with Gasteiger partial charge in [0.05, 0.1) is 0 Å². The summed E-state index contributed by atoms with van der Waals surface area (Å²) in [5.41, 5.74) is 1.71. The van der Waals surface area contributed by atoms with Crippen LogP contribution in [0.4, 0.5) is 0 Å². The third-order valence-electron chi connectivity index (χ3n) is 2.33. The number of carbonyl (C=O) groups excluding carboxylic acids is 2. The Hall–Kier alpha value is -1.70. The average Bonchev–Trinajstić information content (AvgIpc) is 2.39. The summed E-state index contributed by atoms with van der Waals surface area (Å²) in [6, 6.07) is 9.69. The van der Waals surface area contributed by atoms with Crippen molar-refractivity contribution in [2.75, 3.05) is 0 Å². The van der Waals surface area contributed by atoms with Crippen molar-refractivity contribution in [1.29, 1.82) is 0 Å². The molecule has 0 unspecified atom stereocenters. The highest BCUT2D eigenvalue weighted by molar-refractivity contribution is 6.00. The second-order valence-corrected chi connectivity index (χ2v) is 3.86. The molecule has 2 nitrogen and oxygen atoms in total. The van der Waals surface area contributed by atoms with E-state index in [-0.39, 0.29) is 11.6 Å². The summed E-state index contributed by atoms with van der Waals surface area (Å²) in [4.78, 5) is 22.4. The van der Waals surface area contributed by atoms with Crippen LogP contribution in [0, 0.1) is 0 Å². The first-order valence-electron chi connectivity index (χ1n) is 6.35. The molecule has 0 aliphatic rings. The molecule has 0 bridgehead atoms. The fourth-order valence-corrected chi connectivity index (χ4v) is 1.37. The van der Waals surface area contributed by atoms with Crippen LogP contribution >= 0.6 is 0 Å². The van der Waals surface area contributed by atoms with E-state index in [2.05, 4.69) is 0 Å². The molecule has 0 aliphatic heterocycles. The quantitative estimate of drug-likeness (QED) is 0.734. The minimum Gasteiger partial charge on any atom is -0.300 e. The van der Waals surface area contributed by atoms with Crippen molar-refractivity contribution in [3.63, 3.8) is 0 Å². The van der Waals surface area contributed by atoms with E-state index in [4.69, 9.17) is 0 Å². The lowest BCUT2D eigenvalue weighted by molar-refractivity contribution is -0.121. The highest BCUT2D eigenvalue weighted by Crippen LogP contribution is 2.09. The maximum Gasteiger partial charge on any atom is 0.159 e. The zero-order chi connectivity index (χ0) is 14.0. The van der Waals surface area contributed by atoms with Crippen LogP contribution in [-0.4, -0.2) is 11.6 Å². The Balaban J connectivity index is 0.00000137. The van der Waals surface area contributed by atoms with Gasteiger partial charge >= 0.3 is 0 Å². The highest BCUT2D eigenvalue weighted by atomic mass is 16.1. The molecule has 0 fully saturated rings. The van der Waals surface area contributed by atoms with Gasteiger partial charge in [0.15, 0.2) is 5.78 Å². The van der Waals surface area contributed by atoms with Crippen LogP contribution in [0.5, 0.6) is 0 Å². The van der Waals surface area contributed by atoms with E-state index < -0.39 is 0 Å². The van der Waals surface area contributed by atoms with Crippen LogP contribution in [-0.2, 0) is 9.59 Å². The standard InChI is InChI=1S/C14H16O2.C2H6/c1-11(14(16)9-8-12(2)15)10-13-6-4-3-5-7-13;1-2/h3-7,10H,8-9H2,1-2H3;1-2H3/b11-10+;. The van der Waals surface area contributed by atoms with Crippen molar-refractivity contribution in [3.8, 4) is 0 Å². The fourth-order valence-electron chi connectivity index (χ4n) is 1.37. The Labute approximate surface area is 110 Å². The number of hydrogen-bond donors (Lipinski definition) is 0. The zero-order valence-electron chi connectivity index (χ0n) is 11.7. The van der Waals surface area contributed by atoms with Gasteiger partial charge in [0.1, 0.15) is 5.78 Å². The van der Waals surface area contributed by atoms with Gasteiger partial charge in [0.25, 0.3) is 0 Å². The van der Waals surface area contributed by atoms with Crippen molar-refractivity contribution >= 4 is 17.6 Å². The highest BCUT2D eigenvalue weighted by Gasteiger charge is 2.05. The van der Waals surface area contributed by atoms with E-state index in [0.717, 1.165) is 5.56 Å². The van der Waals surface area contributed by atoms with Crippen LogP contribution in [0.15, 0.2) is 35.9 Å². The van der Waals surface area contributed by atoms with Crippen LogP contribution in [0.2, 0.25) is 0 Å². The molecule has 0 spiro atoms. The van der Waals surface area contributed by atoms with Gasteiger partial charge in [-0.25, -0.2) is 0 Å². The van der Waals surface area contributed by atoms with Crippen molar-refractivity contribution in [3.05, 3.63) is 41.5 Å². The lowest BCUT2D eigenvalue weighted by Crippen LogP contribution is -2.02. The Kier molecular flexibility index (Phi) is 8.46.